The van der Waals surface area contributed by atoms with E-state index in [2.05, 4.69) is 14.8 Å². The molecule has 0 radical (unpaired) electrons. The first-order valence-corrected chi connectivity index (χ1v) is 30.2. The Hall–Kier alpha value is -4.40. The molecule has 4 fully saturated rings. The van der Waals surface area contributed by atoms with Gasteiger partial charge in [-0.05, 0) is 135 Å². The molecule has 3 N–H and O–H groups in total. The Kier molecular flexibility index (Phi) is 18.2. The second kappa shape index (κ2) is 23.2. The number of benzene rings is 2. The highest BCUT2D eigenvalue weighted by Gasteiger charge is 2.56. The van der Waals surface area contributed by atoms with Crippen LogP contribution in [0.15, 0.2) is 24.3 Å². The molecule has 0 aromatic heterocycles. The van der Waals surface area contributed by atoms with Crippen LogP contribution in [0.4, 0.5) is 50.9 Å². The minimum Gasteiger partial charge on any atom is -0.381 e. The molecule has 438 valence electrons. The average Bonchev–Trinajstić information content (AvgIpc) is 4.10. The first kappa shape index (κ1) is 61.2. The van der Waals surface area contributed by atoms with Crippen LogP contribution in [0.3, 0.4) is 0 Å². The zero-order valence-electron chi connectivity index (χ0n) is 44.6. The summed E-state index contributed by atoms with van der Waals surface area (Å²) >= 11 is 0. The van der Waals surface area contributed by atoms with Gasteiger partial charge < -0.3 is 29.5 Å². The van der Waals surface area contributed by atoms with Crippen molar-refractivity contribution in [3.05, 3.63) is 57.6 Å². The Morgan fingerprint density at radius 2 is 1.03 bits per heavy atom. The monoisotopic (exact) mass is 1160 g/mol. The van der Waals surface area contributed by atoms with Crippen molar-refractivity contribution in [2.75, 3.05) is 61.5 Å². The van der Waals surface area contributed by atoms with E-state index >= 15 is 0 Å². The molecule has 15 nitrogen and oxygen atoms in total. The first-order valence-electron chi connectivity index (χ1n) is 26.4. The molecule has 4 atom stereocenters. The Balaban J connectivity index is 0.000000229. The molecule has 2 saturated carbocycles. The van der Waals surface area contributed by atoms with Crippen molar-refractivity contribution in [2.45, 2.75) is 161 Å². The summed E-state index contributed by atoms with van der Waals surface area (Å²) in [6.07, 6.45) is -7.29. The van der Waals surface area contributed by atoms with E-state index < -0.39 is 84.4 Å². The number of fused-ring (bicyclic) bond motifs is 2. The summed E-state index contributed by atoms with van der Waals surface area (Å²) in [6, 6.07) is 2.61. The number of hydrogen-bond donors (Lipinski definition) is 3. The summed E-state index contributed by atoms with van der Waals surface area (Å²) in [7, 11) is -7.66. The van der Waals surface area contributed by atoms with E-state index in [1.165, 1.54) is 4.90 Å². The van der Waals surface area contributed by atoms with Crippen LogP contribution < -0.4 is 14.8 Å². The lowest BCUT2D eigenvalue weighted by atomic mass is 9.73. The molecule has 4 heterocycles. The lowest BCUT2D eigenvalue weighted by molar-refractivity contribution is -0.192. The number of hydrogen-bond acceptors (Lipinski definition) is 10. The maximum atomic E-state index is 14.1. The Morgan fingerprint density at radius 1 is 0.603 bits per heavy atom. The van der Waals surface area contributed by atoms with E-state index in [1.807, 2.05) is 13.8 Å². The van der Waals surface area contributed by atoms with Crippen molar-refractivity contribution in [3.8, 4) is 0 Å². The van der Waals surface area contributed by atoms with Crippen molar-refractivity contribution in [3.63, 3.8) is 0 Å². The number of carbonyl (C=O) groups is 3. The number of ether oxygens (including phenoxy) is 2. The van der Waals surface area contributed by atoms with Crippen molar-refractivity contribution in [2.24, 2.45) is 22.7 Å². The lowest BCUT2D eigenvalue weighted by Crippen LogP contribution is -2.54. The number of rotatable bonds is 12. The third-order valence-electron chi connectivity index (χ3n) is 16.8. The standard InChI is InChI=1S/C27H35F6N3O5S.C25H36F3N3O4S/c1-16(2)25(8-4-20(14-25)36(24(38)27(31,32)33)19-6-10-41-11-7-19)23(37)35-9-5-21-17(15-35)12-18(26(28,29)30)13-22(21)34-42(3,39)40;1-16(2)24(8-4-20(14-24)29-19-6-10-35-11-7-19)23(32)31-9-5-21-17(15-31)12-18(25(26,27)28)13-22(21)30-36(3,33)34/h12-13,16,19-20,34H,4-11,14-15H2,1-3H3;12-13,16,19-20,29-30H,4-11,14-15H2,1-3H3/t20-,25+;20-,24+/m11/s1. The lowest BCUT2D eigenvalue weighted by Gasteiger charge is -2.42. The number of carbonyl (C=O) groups excluding carboxylic acids is 3. The molecule has 0 spiro atoms. The molecule has 0 bridgehead atoms. The third kappa shape index (κ3) is 14.0. The molecular formula is C52H71F9N6O9S2. The highest BCUT2D eigenvalue weighted by atomic mass is 32.2. The van der Waals surface area contributed by atoms with E-state index in [1.54, 1.807) is 18.7 Å². The van der Waals surface area contributed by atoms with Gasteiger partial charge in [0, 0.05) is 76.8 Å². The summed E-state index contributed by atoms with van der Waals surface area (Å²) in [6.45, 7) is 9.78. The Labute approximate surface area is 450 Å². The second-order valence-corrected chi connectivity index (χ2v) is 26.1. The van der Waals surface area contributed by atoms with Gasteiger partial charge in [0.15, 0.2) is 0 Å². The van der Waals surface area contributed by atoms with Crippen molar-refractivity contribution >= 4 is 49.1 Å². The van der Waals surface area contributed by atoms with E-state index in [0.29, 0.717) is 35.7 Å². The van der Waals surface area contributed by atoms with Crippen LogP contribution in [0.25, 0.3) is 0 Å². The fraction of sp³-hybridized carbons (Fsp3) is 0.712. The van der Waals surface area contributed by atoms with Gasteiger partial charge in [0.1, 0.15) is 0 Å². The minimum absolute atomic E-state index is 0.00446. The molecule has 2 aromatic rings. The van der Waals surface area contributed by atoms with Gasteiger partial charge in [-0.3, -0.25) is 23.8 Å². The Morgan fingerprint density at radius 3 is 1.44 bits per heavy atom. The van der Waals surface area contributed by atoms with Crippen LogP contribution in [-0.2, 0) is 82.2 Å². The highest BCUT2D eigenvalue weighted by Crippen LogP contribution is 2.51. The highest BCUT2D eigenvalue weighted by molar-refractivity contribution is 7.92. The van der Waals surface area contributed by atoms with Crippen molar-refractivity contribution < 1.29 is 80.2 Å². The van der Waals surface area contributed by atoms with Crippen LogP contribution in [0.2, 0.25) is 0 Å². The smallest absolute Gasteiger partial charge is 0.381 e. The molecule has 26 heteroatoms. The van der Waals surface area contributed by atoms with Gasteiger partial charge in [0.2, 0.25) is 31.9 Å². The SMILES string of the molecule is CC(C)[C@]1(C(=O)N2CCc3c(cc(C(F)(F)F)cc3NS(C)(=O)=O)C2)CC[C@@H](N(C(=O)C(F)(F)F)C2CCOCC2)C1.CC(C)[C@]1(C(=O)N2CCc3c(cc(C(F)(F)F)cc3NS(C)(=O)=O)C2)CC[C@@H](NC2CCOCC2)C1. The number of anilines is 2. The predicted octanol–water partition coefficient (Wildman–Crippen LogP) is 8.65. The first-order chi connectivity index (χ1) is 36.1. The van der Waals surface area contributed by atoms with E-state index in [9.17, 15) is 70.7 Å². The number of halogens is 9. The molecule has 6 aliphatic rings. The van der Waals surface area contributed by atoms with Gasteiger partial charge in [-0.1, -0.05) is 27.7 Å². The van der Waals surface area contributed by atoms with Gasteiger partial charge in [-0.15, -0.1) is 0 Å². The van der Waals surface area contributed by atoms with Crippen LogP contribution >= 0.6 is 0 Å². The Bertz CT molecular complexity index is 2770. The normalized spacial score (nSPS) is 24.8. The summed E-state index contributed by atoms with van der Waals surface area (Å²) in [5.41, 5.74) is -2.63. The predicted molar refractivity (Wildman–Crippen MR) is 272 cm³/mol. The van der Waals surface area contributed by atoms with Gasteiger partial charge in [0.25, 0.3) is 0 Å². The molecule has 2 aromatic carbocycles. The summed E-state index contributed by atoms with van der Waals surface area (Å²) in [4.78, 5) is 44.7. The molecule has 4 aliphatic heterocycles. The largest absolute Gasteiger partial charge is 0.471 e. The molecule has 2 aliphatic carbocycles. The summed E-state index contributed by atoms with van der Waals surface area (Å²) in [5, 5.41) is 3.71. The topological polar surface area (TPSA) is 184 Å². The quantitative estimate of drug-likeness (QED) is 0.174. The van der Waals surface area contributed by atoms with Gasteiger partial charge >= 0.3 is 24.4 Å². The van der Waals surface area contributed by atoms with E-state index in [-0.39, 0.29) is 119 Å². The molecule has 78 heavy (non-hydrogen) atoms. The number of alkyl halides is 9. The average molecular weight is 1160 g/mol. The van der Waals surface area contributed by atoms with Crippen LogP contribution in [-0.4, -0.2) is 132 Å². The van der Waals surface area contributed by atoms with E-state index in [0.717, 1.165) is 80.6 Å². The number of amides is 3. The molecule has 3 amide bonds. The van der Waals surface area contributed by atoms with Gasteiger partial charge in [0.05, 0.1) is 45.8 Å². The maximum Gasteiger partial charge on any atom is 0.471 e. The van der Waals surface area contributed by atoms with Crippen molar-refractivity contribution in [1.29, 1.82) is 0 Å². The van der Waals surface area contributed by atoms with Crippen LogP contribution in [0.1, 0.15) is 125 Å². The number of nitrogens with zero attached hydrogens (tertiary/aromatic N) is 3. The molecular weight excluding hydrogens is 1090 g/mol. The van der Waals surface area contributed by atoms with Gasteiger partial charge in [-0.25, -0.2) is 16.8 Å². The summed E-state index contributed by atoms with van der Waals surface area (Å²) < 4.78 is 185. The molecule has 0 unspecified atom stereocenters. The van der Waals surface area contributed by atoms with Crippen LogP contribution in [0, 0.1) is 22.7 Å². The molecule has 2 saturated heterocycles. The fourth-order valence-corrected chi connectivity index (χ4v) is 13.8. The summed E-state index contributed by atoms with van der Waals surface area (Å²) in [5.74, 6) is -2.61. The second-order valence-electron chi connectivity index (χ2n) is 22.6. The minimum atomic E-state index is -5.09. The van der Waals surface area contributed by atoms with Gasteiger partial charge in [-0.2, -0.15) is 39.5 Å². The fourth-order valence-electron chi connectivity index (χ4n) is 12.7. The zero-order valence-corrected chi connectivity index (χ0v) is 46.3. The van der Waals surface area contributed by atoms with Crippen LogP contribution in [0.5, 0.6) is 0 Å². The zero-order chi connectivity index (χ0) is 57.6. The number of nitrogens with one attached hydrogen (secondary N) is 3. The molecule has 8 rings (SSSR count). The van der Waals surface area contributed by atoms with Crippen molar-refractivity contribution in [1.82, 2.24) is 20.0 Å². The third-order valence-corrected chi connectivity index (χ3v) is 18.0. The van der Waals surface area contributed by atoms with E-state index in [4.69, 9.17) is 9.47 Å². The maximum absolute atomic E-state index is 14.1. The number of sulfonamides is 2.